The number of imide groups is 1. The van der Waals surface area contributed by atoms with Gasteiger partial charge in [-0.15, -0.1) is 0 Å². The van der Waals surface area contributed by atoms with E-state index in [2.05, 4.69) is 0 Å². The van der Waals surface area contributed by atoms with Crippen LogP contribution in [0.1, 0.15) is 5.56 Å². The molecule has 2 aromatic rings. The molecule has 10 heteroatoms. The summed E-state index contributed by atoms with van der Waals surface area (Å²) >= 11 is 6.61. The fourth-order valence-electron chi connectivity index (χ4n) is 2.60. The molecule has 0 atom stereocenters. The molecule has 1 aliphatic heterocycles. The zero-order valence-corrected chi connectivity index (χ0v) is 16.2. The highest BCUT2D eigenvalue weighted by atomic mass is 35.5. The molecular weight excluding hydrogens is 408 g/mol. The van der Waals surface area contributed by atoms with Gasteiger partial charge in [-0.1, -0.05) is 17.7 Å². The van der Waals surface area contributed by atoms with Crippen LogP contribution in [0, 0.1) is 10.1 Å². The van der Waals surface area contributed by atoms with E-state index in [1.54, 1.807) is 18.2 Å². The molecule has 8 nitrogen and oxygen atoms in total. The summed E-state index contributed by atoms with van der Waals surface area (Å²) in [6.07, 6.45) is 1.29. The van der Waals surface area contributed by atoms with Crippen molar-refractivity contribution in [2.45, 2.75) is 0 Å². The summed E-state index contributed by atoms with van der Waals surface area (Å²) in [5.74, 6) is -0.159. The number of benzene rings is 2. The van der Waals surface area contributed by atoms with Gasteiger partial charge >= 0.3 is 0 Å². The molecule has 2 amide bonds. The number of hydrogen-bond acceptors (Lipinski definition) is 7. The number of hydrogen-bond donors (Lipinski definition) is 0. The summed E-state index contributed by atoms with van der Waals surface area (Å²) in [5.41, 5.74) is 0.145. The predicted octanol–water partition coefficient (Wildman–Crippen LogP) is 4.51. The van der Waals surface area contributed by atoms with Crippen LogP contribution in [0.4, 0.5) is 16.2 Å². The molecule has 2 aromatic carbocycles. The molecule has 0 unspecified atom stereocenters. The number of methoxy groups -OCH3 is 2. The van der Waals surface area contributed by atoms with Gasteiger partial charge in [0.2, 0.25) is 0 Å². The van der Waals surface area contributed by atoms with Crippen LogP contribution >= 0.6 is 23.4 Å². The minimum atomic E-state index is -0.602. The molecule has 144 valence electrons. The SMILES string of the molecule is COc1cc(C=C2SC(=O)N(c3cccc(Cl)c3)C2=O)c([N+](=O)[O-])cc1OC. The second-order valence-corrected chi connectivity index (χ2v) is 6.95. The van der Waals surface area contributed by atoms with E-state index < -0.39 is 16.1 Å². The Balaban J connectivity index is 2.05. The van der Waals surface area contributed by atoms with Crippen molar-refractivity contribution in [3.63, 3.8) is 0 Å². The highest BCUT2D eigenvalue weighted by molar-refractivity contribution is 8.19. The molecule has 0 spiro atoms. The van der Waals surface area contributed by atoms with Crippen LogP contribution in [0.15, 0.2) is 41.3 Å². The molecule has 0 saturated carbocycles. The Labute approximate surface area is 168 Å². The standard InChI is InChI=1S/C18H13ClN2O6S/c1-26-14-6-10(13(21(24)25)9-15(14)27-2)7-16-17(22)20(18(23)28-16)12-5-3-4-11(19)8-12/h3-9H,1-2H3. The third-order valence-corrected chi connectivity index (χ3v) is 4.98. The lowest BCUT2D eigenvalue weighted by Crippen LogP contribution is -2.27. The lowest BCUT2D eigenvalue weighted by Gasteiger charge is -2.12. The van der Waals surface area contributed by atoms with Gasteiger partial charge in [-0.25, -0.2) is 4.90 Å². The number of carbonyl (C=O) groups excluding carboxylic acids is 2. The number of nitro groups is 1. The van der Waals surface area contributed by atoms with E-state index in [1.807, 2.05) is 0 Å². The third kappa shape index (κ3) is 3.67. The van der Waals surface area contributed by atoms with Crippen LogP contribution in [-0.4, -0.2) is 30.3 Å². The van der Waals surface area contributed by atoms with E-state index >= 15 is 0 Å². The summed E-state index contributed by atoms with van der Waals surface area (Å²) in [5, 5.41) is 11.3. The lowest BCUT2D eigenvalue weighted by atomic mass is 10.1. The molecule has 1 heterocycles. The lowest BCUT2D eigenvalue weighted by molar-refractivity contribution is -0.385. The van der Waals surface area contributed by atoms with E-state index in [0.29, 0.717) is 22.5 Å². The average molecular weight is 421 g/mol. The van der Waals surface area contributed by atoms with Crippen LogP contribution in [0.2, 0.25) is 5.02 Å². The second-order valence-electron chi connectivity index (χ2n) is 5.52. The highest BCUT2D eigenvalue weighted by Gasteiger charge is 2.37. The Morgan fingerprint density at radius 1 is 1.14 bits per heavy atom. The summed E-state index contributed by atoms with van der Waals surface area (Å²) < 4.78 is 10.2. The minimum Gasteiger partial charge on any atom is -0.493 e. The number of ether oxygens (including phenoxy) is 2. The Morgan fingerprint density at radius 2 is 1.82 bits per heavy atom. The van der Waals surface area contributed by atoms with Crippen LogP contribution < -0.4 is 14.4 Å². The molecule has 0 radical (unpaired) electrons. The number of rotatable bonds is 5. The number of nitro benzene ring substituents is 1. The van der Waals surface area contributed by atoms with Crippen molar-refractivity contribution in [1.29, 1.82) is 0 Å². The van der Waals surface area contributed by atoms with Crippen molar-refractivity contribution >= 4 is 52.0 Å². The molecule has 3 rings (SSSR count). The van der Waals surface area contributed by atoms with Crippen molar-refractivity contribution in [3.05, 3.63) is 62.0 Å². The predicted molar refractivity (Wildman–Crippen MR) is 106 cm³/mol. The van der Waals surface area contributed by atoms with Crippen LogP contribution in [0.5, 0.6) is 11.5 Å². The van der Waals surface area contributed by atoms with Gasteiger partial charge in [0.15, 0.2) is 11.5 Å². The first kappa shape index (κ1) is 19.7. The van der Waals surface area contributed by atoms with Gasteiger partial charge in [-0.2, -0.15) is 0 Å². The van der Waals surface area contributed by atoms with Gasteiger partial charge in [0, 0.05) is 5.02 Å². The monoisotopic (exact) mass is 420 g/mol. The first-order valence-corrected chi connectivity index (χ1v) is 8.99. The molecule has 0 aliphatic carbocycles. The maximum atomic E-state index is 12.7. The first-order valence-electron chi connectivity index (χ1n) is 7.79. The summed E-state index contributed by atoms with van der Waals surface area (Å²) in [7, 11) is 2.75. The molecule has 1 aliphatic rings. The van der Waals surface area contributed by atoms with Crippen molar-refractivity contribution in [2.75, 3.05) is 19.1 Å². The molecule has 28 heavy (non-hydrogen) atoms. The smallest absolute Gasteiger partial charge is 0.298 e. The molecule has 0 aromatic heterocycles. The van der Waals surface area contributed by atoms with Gasteiger partial charge in [-0.3, -0.25) is 19.7 Å². The second kappa shape index (κ2) is 7.91. The normalized spacial score (nSPS) is 15.2. The van der Waals surface area contributed by atoms with Gasteiger partial charge in [0.05, 0.1) is 41.4 Å². The van der Waals surface area contributed by atoms with E-state index in [0.717, 1.165) is 4.90 Å². The van der Waals surface area contributed by atoms with Crippen molar-refractivity contribution in [3.8, 4) is 11.5 Å². The number of nitrogens with zero attached hydrogens (tertiary/aromatic N) is 2. The highest BCUT2D eigenvalue weighted by Crippen LogP contribution is 2.40. The Morgan fingerprint density at radius 3 is 2.43 bits per heavy atom. The topological polar surface area (TPSA) is 99.0 Å². The number of halogens is 1. The number of anilines is 1. The fraction of sp³-hybridized carbons (Fsp3) is 0.111. The third-order valence-electron chi connectivity index (χ3n) is 3.88. The number of carbonyl (C=O) groups is 2. The molecule has 1 saturated heterocycles. The van der Waals surface area contributed by atoms with E-state index in [-0.39, 0.29) is 27.7 Å². The van der Waals surface area contributed by atoms with Gasteiger partial charge in [-0.05, 0) is 42.1 Å². The number of amides is 2. The van der Waals surface area contributed by atoms with Crippen LogP contribution in [-0.2, 0) is 4.79 Å². The Bertz CT molecular complexity index is 1020. The van der Waals surface area contributed by atoms with Crippen LogP contribution in [0.25, 0.3) is 6.08 Å². The van der Waals surface area contributed by atoms with Crippen LogP contribution in [0.3, 0.4) is 0 Å². The van der Waals surface area contributed by atoms with E-state index in [1.165, 1.54) is 38.5 Å². The minimum absolute atomic E-state index is 0.0419. The van der Waals surface area contributed by atoms with Gasteiger partial charge in [0.25, 0.3) is 16.8 Å². The van der Waals surface area contributed by atoms with Gasteiger partial charge < -0.3 is 9.47 Å². The van der Waals surface area contributed by atoms with E-state index in [4.69, 9.17) is 21.1 Å². The zero-order chi connectivity index (χ0) is 20.4. The average Bonchev–Trinajstić information content (AvgIpc) is 2.94. The summed E-state index contributed by atoms with van der Waals surface area (Å²) in [6.45, 7) is 0. The fourth-order valence-corrected chi connectivity index (χ4v) is 3.62. The van der Waals surface area contributed by atoms with E-state index in [9.17, 15) is 19.7 Å². The molecule has 0 N–H and O–H groups in total. The van der Waals surface area contributed by atoms with Gasteiger partial charge in [0.1, 0.15) is 0 Å². The Hall–Kier alpha value is -3.04. The molecule has 0 bridgehead atoms. The van der Waals surface area contributed by atoms with Crippen molar-refractivity contribution in [2.24, 2.45) is 0 Å². The maximum absolute atomic E-state index is 12.7. The molecular formula is C18H13ClN2O6S. The van der Waals surface area contributed by atoms with Crippen molar-refractivity contribution in [1.82, 2.24) is 0 Å². The summed E-state index contributed by atoms with van der Waals surface area (Å²) in [6, 6.07) is 8.87. The van der Waals surface area contributed by atoms with Crippen molar-refractivity contribution < 1.29 is 24.0 Å². The maximum Gasteiger partial charge on any atom is 0.298 e. The Kier molecular flexibility index (Phi) is 5.57. The number of thioether (sulfide) groups is 1. The molecule has 1 fully saturated rings. The first-order chi connectivity index (χ1) is 13.3. The quantitative estimate of drug-likeness (QED) is 0.398. The zero-order valence-electron chi connectivity index (χ0n) is 14.7. The summed E-state index contributed by atoms with van der Waals surface area (Å²) in [4.78, 5) is 36.9. The largest absolute Gasteiger partial charge is 0.493 e.